The maximum Gasteiger partial charge on any atom is 0.161 e. The number of aromatic hydroxyl groups is 2. The Morgan fingerprint density at radius 2 is 2.07 bits per heavy atom. The highest BCUT2D eigenvalue weighted by atomic mass is 16.5. The van der Waals surface area contributed by atoms with Gasteiger partial charge >= 0.3 is 0 Å². The van der Waals surface area contributed by atoms with Crippen LogP contribution >= 0.6 is 0 Å². The van der Waals surface area contributed by atoms with E-state index >= 15 is 0 Å². The van der Waals surface area contributed by atoms with E-state index in [1.807, 2.05) is 50.3 Å². The molecule has 6 heteroatoms. The Morgan fingerprint density at radius 3 is 2.87 bits per heavy atom. The number of allylic oxidation sites excluding steroid dienone is 2. The Bertz CT molecular complexity index is 1140. The van der Waals surface area contributed by atoms with Gasteiger partial charge in [-0.1, -0.05) is 30.3 Å². The Balaban J connectivity index is 1.83. The molecule has 0 saturated carbocycles. The smallest absolute Gasteiger partial charge is 0.161 e. The van der Waals surface area contributed by atoms with Gasteiger partial charge in [-0.3, -0.25) is 4.98 Å². The molecule has 154 valence electrons. The molecule has 3 aromatic rings. The Hall–Kier alpha value is -3.67. The van der Waals surface area contributed by atoms with Crippen molar-refractivity contribution in [1.29, 1.82) is 0 Å². The molecule has 0 saturated heterocycles. The van der Waals surface area contributed by atoms with Crippen molar-refractivity contribution in [3.63, 3.8) is 0 Å². The van der Waals surface area contributed by atoms with E-state index in [1.54, 1.807) is 18.3 Å². The van der Waals surface area contributed by atoms with Gasteiger partial charge in [-0.05, 0) is 49.3 Å². The minimum atomic E-state index is -0.388. The summed E-state index contributed by atoms with van der Waals surface area (Å²) in [5, 5.41) is 28.9. The predicted octanol–water partition coefficient (Wildman–Crippen LogP) is 4.11. The highest BCUT2D eigenvalue weighted by molar-refractivity contribution is 5.85. The molecule has 0 fully saturated rings. The molecule has 1 aliphatic heterocycles. The van der Waals surface area contributed by atoms with Crippen LogP contribution in [0.1, 0.15) is 31.0 Å². The fraction of sp³-hybridized carbons (Fsp3) is 0.208. The largest absolute Gasteiger partial charge is 0.505 e. The Kier molecular flexibility index (Phi) is 5.48. The predicted molar refractivity (Wildman–Crippen MR) is 118 cm³/mol. The first-order valence-electron chi connectivity index (χ1n) is 9.98. The number of dihydropyridines is 1. The van der Waals surface area contributed by atoms with Crippen LogP contribution in [0.2, 0.25) is 0 Å². The zero-order valence-electron chi connectivity index (χ0n) is 17.0. The van der Waals surface area contributed by atoms with Gasteiger partial charge in [-0.2, -0.15) is 0 Å². The lowest BCUT2D eigenvalue weighted by atomic mass is 9.95. The topological polar surface area (TPSA) is 86.6 Å². The SMILES string of the molecule is CCOc1cc(C(NC2=CC(C)=CCN2)c2ccc3cccnc3c2O)ccc1O. The van der Waals surface area contributed by atoms with Gasteiger partial charge in [0, 0.05) is 23.7 Å². The van der Waals surface area contributed by atoms with E-state index in [9.17, 15) is 10.2 Å². The summed E-state index contributed by atoms with van der Waals surface area (Å²) in [5.41, 5.74) is 3.23. The number of aromatic nitrogens is 1. The molecule has 0 spiro atoms. The van der Waals surface area contributed by atoms with Crippen molar-refractivity contribution < 1.29 is 14.9 Å². The van der Waals surface area contributed by atoms with Gasteiger partial charge in [0.15, 0.2) is 11.5 Å². The molecule has 4 rings (SSSR count). The highest BCUT2D eigenvalue weighted by Crippen LogP contribution is 2.37. The minimum Gasteiger partial charge on any atom is -0.505 e. The normalized spacial score (nSPS) is 14.5. The summed E-state index contributed by atoms with van der Waals surface area (Å²) < 4.78 is 5.58. The summed E-state index contributed by atoms with van der Waals surface area (Å²) in [6, 6.07) is 12.5. The molecule has 1 atom stereocenters. The van der Waals surface area contributed by atoms with E-state index in [2.05, 4.69) is 21.7 Å². The van der Waals surface area contributed by atoms with Crippen molar-refractivity contribution >= 4 is 10.9 Å². The van der Waals surface area contributed by atoms with E-state index in [1.165, 1.54) is 0 Å². The first-order chi connectivity index (χ1) is 14.6. The molecule has 0 aliphatic carbocycles. The molecule has 0 radical (unpaired) electrons. The third-order valence-corrected chi connectivity index (χ3v) is 5.10. The van der Waals surface area contributed by atoms with Crippen molar-refractivity contribution in [3.8, 4) is 17.2 Å². The fourth-order valence-corrected chi connectivity index (χ4v) is 3.61. The lowest BCUT2D eigenvalue weighted by molar-refractivity contribution is 0.317. The molecular formula is C24H25N3O3. The average Bonchev–Trinajstić information content (AvgIpc) is 2.75. The number of nitrogens with one attached hydrogen (secondary N) is 2. The lowest BCUT2D eigenvalue weighted by Crippen LogP contribution is -2.32. The summed E-state index contributed by atoms with van der Waals surface area (Å²) in [5.74, 6) is 1.46. The average molecular weight is 403 g/mol. The third kappa shape index (κ3) is 3.89. The van der Waals surface area contributed by atoms with Crippen LogP contribution in [-0.2, 0) is 0 Å². The first kappa shape index (κ1) is 19.6. The van der Waals surface area contributed by atoms with Gasteiger partial charge in [0.1, 0.15) is 11.3 Å². The van der Waals surface area contributed by atoms with Gasteiger partial charge in [0.2, 0.25) is 0 Å². The second-order valence-corrected chi connectivity index (χ2v) is 7.20. The van der Waals surface area contributed by atoms with Crippen molar-refractivity contribution in [2.75, 3.05) is 13.2 Å². The highest BCUT2D eigenvalue weighted by Gasteiger charge is 2.22. The lowest BCUT2D eigenvalue weighted by Gasteiger charge is -2.26. The quantitative estimate of drug-likeness (QED) is 0.495. The van der Waals surface area contributed by atoms with Crippen LogP contribution in [0, 0.1) is 0 Å². The Labute approximate surface area is 175 Å². The van der Waals surface area contributed by atoms with Gasteiger partial charge in [0.25, 0.3) is 0 Å². The van der Waals surface area contributed by atoms with Crippen LogP contribution in [0.25, 0.3) is 10.9 Å². The number of phenols is 2. The van der Waals surface area contributed by atoms with E-state index in [4.69, 9.17) is 4.74 Å². The summed E-state index contributed by atoms with van der Waals surface area (Å²) in [4.78, 5) is 4.36. The molecule has 1 aliphatic rings. The van der Waals surface area contributed by atoms with Crippen LogP contribution in [0.3, 0.4) is 0 Å². The number of phenolic OH excluding ortho intramolecular Hbond substituents is 2. The molecule has 0 bridgehead atoms. The number of nitrogens with zero attached hydrogens (tertiary/aromatic N) is 1. The van der Waals surface area contributed by atoms with E-state index in [0.29, 0.717) is 23.4 Å². The molecule has 2 aromatic carbocycles. The number of hydrogen-bond donors (Lipinski definition) is 4. The van der Waals surface area contributed by atoms with Gasteiger partial charge in [-0.25, -0.2) is 0 Å². The molecule has 1 unspecified atom stereocenters. The van der Waals surface area contributed by atoms with Crippen molar-refractivity contribution in [2.24, 2.45) is 0 Å². The van der Waals surface area contributed by atoms with Crippen molar-refractivity contribution in [3.05, 3.63) is 83.3 Å². The van der Waals surface area contributed by atoms with Crippen molar-refractivity contribution in [2.45, 2.75) is 19.9 Å². The Morgan fingerprint density at radius 1 is 1.20 bits per heavy atom. The van der Waals surface area contributed by atoms with Gasteiger partial charge in [-0.15, -0.1) is 0 Å². The fourth-order valence-electron chi connectivity index (χ4n) is 3.61. The van der Waals surface area contributed by atoms with E-state index in [-0.39, 0.29) is 17.5 Å². The molecule has 30 heavy (non-hydrogen) atoms. The zero-order chi connectivity index (χ0) is 21.1. The molecule has 2 heterocycles. The number of rotatable bonds is 6. The van der Waals surface area contributed by atoms with Crippen molar-refractivity contribution in [1.82, 2.24) is 15.6 Å². The first-order valence-corrected chi connectivity index (χ1v) is 9.98. The summed E-state index contributed by atoms with van der Waals surface area (Å²) in [6.45, 7) is 5.08. The molecule has 6 nitrogen and oxygen atoms in total. The molecular weight excluding hydrogens is 378 g/mol. The summed E-state index contributed by atoms with van der Waals surface area (Å²) >= 11 is 0. The number of ether oxygens (including phenoxy) is 1. The molecule has 0 amide bonds. The number of hydrogen-bond acceptors (Lipinski definition) is 6. The minimum absolute atomic E-state index is 0.0811. The molecule has 4 N–H and O–H groups in total. The number of fused-ring (bicyclic) bond motifs is 1. The zero-order valence-corrected chi connectivity index (χ0v) is 17.0. The van der Waals surface area contributed by atoms with Gasteiger partial charge < -0.3 is 25.6 Å². The molecule has 1 aromatic heterocycles. The number of pyridine rings is 1. The number of benzene rings is 2. The van der Waals surface area contributed by atoms with Crippen LogP contribution in [-0.4, -0.2) is 28.3 Å². The maximum absolute atomic E-state index is 11.1. The van der Waals surface area contributed by atoms with Crippen LogP contribution in [0.15, 0.2) is 72.2 Å². The monoisotopic (exact) mass is 403 g/mol. The second kappa shape index (κ2) is 8.37. The van der Waals surface area contributed by atoms with Gasteiger partial charge in [0.05, 0.1) is 18.5 Å². The maximum atomic E-state index is 11.1. The summed E-state index contributed by atoms with van der Waals surface area (Å²) in [7, 11) is 0. The van der Waals surface area contributed by atoms with E-state index in [0.717, 1.165) is 28.9 Å². The third-order valence-electron chi connectivity index (χ3n) is 5.10. The van der Waals surface area contributed by atoms with Crippen LogP contribution in [0.4, 0.5) is 0 Å². The second-order valence-electron chi connectivity index (χ2n) is 7.20. The van der Waals surface area contributed by atoms with E-state index < -0.39 is 0 Å². The van der Waals surface area contributed by atoms with Crippen LogP contribution < -0.4 is 15.4 Å². The van der Waals surface area contributed by atoms with Crippen LogP contribution in [0.5, 0.6) is 17.2 Å². The standard InChI is InChI=1S/C24H25N3O3/c1-3-30-20-14-17(7-9-19(20)28)22(27-21-13-15(2)10-12-25-21)18-8-6-16-5-4-11-26-23(16)24(18)29/h4-11,13-14,22,25,27-29H,3,12H2,1-2H3. The summed E-state index contributed by atoms with van der Waals surface area (Å²) in [6.07, 6.45) is 5.80.